The summed E-state index contributed by atoms with van der Waals surface area (Å²) in [5, 5.41) is 38.3. The van der Waals surface area contributed by atoms with Gasteiger partial charge in [-0.15, -0.1) is 0 Å². The van der Waals surface area contributed by atoms with Crippen molar-refractivity contribution in [1.82, 2.24) is 0 Å². The van der Waals surface area contributed by atoms with Gasteiger partial charge in [-0.2, -0.15) is 15.8 Å². The Morgan fingerprint density at radius 3 is 2.23 bits per heavy atom. The molecule has 0 aliphatic carbocycles. The number of rotatable bonds is 3. The van der Waals surface area contributed by atoms with Crippen LogP contribution in [-0.2, 0) is 15.3 Å². The van der Waals surface area contributed by atoms with Crippen LogP contribution in [0.4, 0.5) is 0 Å². The maximum absolute atomic E-state index is 10.1. The van der Waals surface area contributed by atoms with Gasteiger partial charge in [0.2, 0.25) is 11.7 Å². The number of nitriles is 3. The molecule has 1 aromatic rings. The molecule has 0 saturated carbocycles. The molecule has 2 saturated heterocycles. The van der Waals surface area contributed by atoms with Crippen molar-refractivity contribution in [2.24, 2.45) is 16.7 Å². The van der Waals surface area contributed by atoms with Crippen molar-refractivity contribution in [2.75, 3.05) is 0 Å². The fourth-order valence-corrected chi connectivity index (χ4v) is 4.28. The van der Waals surface area contributed by atoms with E-state index in [1.165, 1.54) is 0 Å². The zero-order chi connectivity index (χ0) is 19.2. The van der Waals surface area contributed by atoms with Crippen molar-refractivity contribution in [1.29, 1.82) is 21.2 Å². The third-order valence-corrected chi connectivity index (χ3v) is 5.79. The smallest absolute Gasteiger partial charge is 0.243 e. The van der Waals surface area contributed by atoms with Gasteiger partial charge in [0.05, 0.1) is 30.2 Å². The van der Waals surface area contributed by atoms with Crippen LogP contribution in [0.15, 0.2) is 24.3 Å². The first-order valence-electron chi connectivity index (χ1n) is 8.65. The lowest BCUT2D eigenvalue weighted by Crippen LogP contribution is -2.60. The van der Waals surface area contributed by atoms with Gasteiger partial charge in [-0.3, -0.25) is 5.41 Å². The SMILES string of the molecule is CCCC1OC2(c3ccc(C)cc3)OC(=N)C(C#N)(C2C)C1(C#N)C#N. The summed E-state index contributed by atoms with van der Waals surface area (Å²) >= 11 is 0. The molecule has 0 aromatic heterocycles. The van der Waals surface area contributed by atoms with Crippen molar-refractivity contribution in [3.8, 4) is 18.2 Å². The third kappa shape index (κ3) is 1.84. The Balaban J connectivity index is 2.29. The van der Waals surface area contributed by atoms with Crippen molar-refractivity contribution >= 4 is 5.90 Å². The maximum atomic E-state index is 10.1. The zero-order valence-electron chi connectivity index (χ0n) is 15.0. The summed E-state index contributed by atoms with van der Waals surface area (Å²) in [5.41, 5.74) is -1.73. The maximum Gasteiger partial charge on any atom is 0.243 e. The molecule has 4 atom stereocenters. The van der Waals surface area contributed by atoms with Crippen LogP contribution in [0, 0.1) is 63.1 Å². The van der Waals surface area contributed by atoms with E-state index in [9.17, 15) is 15.8 Å². The summed E-state index contributed by atoms with van der Waals surface area (Å²) in [4.78, 5) is 0. The molecule has 26 heavy (non-hydrogen) atoms. The Hall–Kier alpha value is -2.88. The van der Waals surface area contributed by atoms with Gasteiger partial charge >= 0.3 is 0 Å². The third-order valence-electron chi connectivity index (χ3n) is 5.79. The van der Waals surface area contributed by atoms with Crippen molar-refractivity contribution < 1.29 is 9.47 Å². The quantitative estimate of drug-likeness (QED) is 0.897. The van der Waals surface area contributed by atoms with Gasteiger partial charge in [0.1, 0.15) is 0 Å². The molecular formula is C20H20N4O2. The van der Waals surface area contributed by atoms with E-state index in [4.69, 9.17) is 14.9 Å². The number of nitrogens with zero attached hydrogens (tertiary/aromatic N) is 3. The summed E-state index contributed by atoms with van der Waals surface area (Å²) in [6.45, 7) is 5.60. The average molecular weight is 348 g/mol. The van der Waals surface area contributed by atoms with Gasteiger partial charge < -0.3 is 9.47 Å². The molecule has 0 spiro atoms. The lowest BCUT2D eigenvalue weighted by atomic mass is 9.53. The Morgan fingerprint density at radius 1 is 1.12 bits per heavy atom. The number of benzene rings is 1. The molecule has 0 amide bonds. The van der Waals surface area contributed by atoms with Crippen LogP contribution in [0.5, 0.6) is 0 Å². The topological polar surface area (TPSA) is 114 Å². The molecule has 0 radical (unpaired) electrons. The van der Waals surface area contributed by atoms with Crippen molar-refractivity contribution in [3.63, 3.8) is 0 Å². The zero-order valence-corrected chi connectivity index (χ0v) is 15.0. The predicted octanol–water partition coefficient (Wildman–Crippen LogP) is 3.53. The highest BCUT2D eigenvalue weighted by atomic mass is 16.7. The first-order chi connectivity index (χ1) is 12.4. The van der Waals surface area contributed by atoms with E-state index in [-0.39, 0.29) is 5.90 Å². The minimum atomic E-state index is -1.79. The highest BCUT2D eigenvalue weighted by Crippen LogP contribution is 2.65. The molecule has 2 heterocycles. The first kappa shape index (κ1) is 17.9. The lowest BCUT2D eigenvalue weighted by molar-refractivity contribution is -0.286. The van der Waals surface area contributed by atoms with E-state index in [2.05, 4.69) is 6.07 Å². The Kier molecular flexibility index (Phi) is 4.02. The summed E-state index contributed by atoms with van der Waals surface area (Å²) in [5.74, 6) is -2.41. The van der Waals surface area contributed by atoms with Gasteiger partial charge in [0.15, 0.2) is 10.8 Å². The molecule has 6 nitrogen and oxygen atoms in total. The van der Waals surface area contributed by atoms with E-state index in [1.807, 2.05) is 50.3 Å². The fraction of sp³-hybridized carbons (Fsp3) is 0.500. The second-order valence-corrected chi connectivity index (χ2v) is 7.03. The van der Waals surface area contributed by atoms with Crippen LogP contribution in [-0.4, -0.2) is 12.0 Å². The molecule has 2 bridgehead atoms. The summed E-state index contributed by atoms with van der Waals surface area (Å²) < 4.78 is 12.2. The van der Waals surface area contributed by atoms with Crippen LogP contribution in [0.1, 0.15) is 37.8 Å². The Labute approximate surface area is 153 Å². The van der Waals surface area contributed by atoms with Crippen LogP contribution in [0.2, 0.25) is 0 Å². The van der Waals surface area contributed by atoms with E-state index in [0.29, 0.717) is 18.4 Å². The normalized spacial score (nSPS) is 34.2. The largest absolute Gasteiger partial charge is 0.443 e. The van der Waals surface area contributed by atoms with Crippen LogP contribution in [0.25, 0.3) is 0 Å². The Bertz CT molecular complexity index is 859. The molecule has 4 unspecified atom stereocenters. The Morgan fingerprint density at radius 2 is 1.73 bits per heavy atom. The minimum absolute atomic E-state index is 0.366. The monoisotopic (exact) mass is 348 g/mol. The second kappa shape index (κ2) is 5.84. The molecule has 2 aliphatic heterocycles. The fourth-order valence-electron chi connectivity index (χ4n) is 4.28. The highest BCUT2D eigenvalue weighted by Gasteiger charge is 2.79. The van der Waals surface area contributed by atoms with Crippen molar-refractivity contribution in [3.05, 3.63) is 35.4 Å². The van der Waals surface area contributed by atoms with Crippen LogP contribution < -0.4 is 0 Å². The molecule has 6 heteroatoms. The molecule has 3 rings (SSSR count). The van der Waals surface area contributed by atoms with Gasteiger partial charge in [0, 0.05) is 5.56 Å². The number of fused-ring (bicyclic) bond motifs is 2. The van der Waals surface area contributed by atoms with E-state index < -0.39 is 28.6 Å². The number of nitrogens with one attached hydrogen (secondary N) is 1. The number of ether oxygens (including phenoxy) is 2. The van der Waals surface area contributed by atoms with E-state index in [0.717, 1.165) is 5.56 Å². The number of aryl methyl sites for hydroxylation is 1. The minimum Gasteiger partial charge on any atom is -0.443 e. The molecule has 1 N–H and O–H groups in total. The van der Waals surface area contributed by atoms with Gasteiger partial charge in [0.25, 0.3) is 0 Å². The van der Waals surface area contributed by atoms with Crippen molar-refractivity contribution in [2.45, 2.75) is 45.5 Å². The molecular weight excluding hydrogens is 328 g/mol. The summed E-state index contributed by atoms with van der Waals surface area (Å²) in [7, 11) is 0. The summed E-state index contributed by atoms with van der Waals surface area (Å²) in [6.07, 6.45) is 0.257. The van der Waals surface area contributed by atoms with Gasteiger partial charge in [-0.25, -0.2) is 0 Å². The predicted molar refractivity (Wildman–Crippen MR) is 92.3 cm³/mol. The van der Waals surface area contributed by atoms with E-state index >= 15 is 0 Å². The van der Waals surface area contributed by atoms with Crippen LogP contribution in [0.3, 0.4) is 0 Å². The standard InChI is InChI=1S/C20H20N4O2/c1-4-5-16-18(10-21,11-22)19(12-23)14(3)20(25-16,26-17(19)24)15-8-6-13(2)7-9-15/h6-9,14,16,24H,4-5H2,1-3H3. The van der Waals surface area contributed by atoms with Gasteiger partial charge in [-0.05, 0) is 13.3 Å². The molecule has 2 fully saturated rings. The second-order valence-electron chi connectivity index (χ2n) is 7.03. The molecule has 132 valence electrons. The van der Waals surface area contributed by atoms with E-state index in [1.54, 1.807) is 6.92 Å². The first-order valence-corrected chi connectivity index (χ1v) is 8.65. The highest BCUT2D eigenvalue weighted by molar-refractivity contribution is 5.89. The lowest BCUT2D eigenvalue weighted by Gasteiger charge is -2.48. The number of hydrogen-bond acceptors (Lipinski definition) is 6. The summed E-state index contributed by atoms with van der Waals surface area (Å²) in [6, 6.07) is 13.7. The average Bonchev–Trinajstić information content (AvgIpc) is 2.80. The molecule has 2 aliphatic rings. The van der Waals surface area contributed by atoms with Crippen LogP contribution >= 0.6 is 0 Å². The van der Waals surface area contributed by atoms with Gasteiger partial charge in [-0.1, -0.05) is 50.1 Å². The molecule has 1 aromatic carbocycles. The number of hydrogen-bond donors (Lipinski definition) is 1.